The quantitative estimate of drug-likeness (QED) is 0.195. The summed E-state index contributed by atoms with van der Waals surface area (Å²) in [5, 5.41) is 49.6. The van der Waals surface area contributed by atoms with E-state index in [4.69, 9.17) is 40.9 Å². The molecule has 2 rings (SSSR count). The van der Waals surface area contributed by atoms with Gasteiger partial charge >= 0.3 is 0 Å². The Morgan fingerprint density at radius 1 is 0.903 bits per heavy atom. The molecule has 5 N–H and O–H groups in total. The monoisotopic (exact) mass is 487 g/mol. The summed E-state index contributed by atoms with van der Waals surface area (Å²) in [7, 11) is 0. The summed E-state index contributed by atoms with van der Waals surface area (Å²) in [6, 6.07) is 12.1. The Hall–Kier alpha value is -2.71. The van der Waals surface area contributed by atoms with E-state index < -0.39 is 10.2 Å². The van der Waals surface area contributed by atoms with Crippen LogP contribution in [-0.2, 0) is 0 Å². The molecule has 31 heavy (non-hydrogen) atoms. The molecule has 15 heteroatoms. The van der Waals surface area contributed by atoms with Gasteiger partial charge in [0.05, 0.1) is 18.7 Å². The standard InChI is InChI=1S/C16H23N3O2.2ClH.2HNO3/c20-12-10-19(11-13-21)9-3-8-17-16-7-6-14-4-1-2-5-15(14)18-16;;;2*2-1(3)4/h1-2,4-7,20-21H,3,8-13H2,(H,17,18);2*1H;2*(H,2,3,4). The van der Waals surface area contributed by atoms with Crippen molar-refractivity contribution in [3.8, 4) is 0 Å². The van der Waals surface area contributed by atoms with Crippen molar-refractivity contribution in [1.82, 2.24) is 9.88 Å². The lowest BCUT2D eigenvalue weighted by atomic mass is 10.2. The second kappa shape index (κ2) is 20.6. The summed E-state index contributed by atoms with van der Waals surface area (Å²) in [6.45, 7) is 3.13. The lowest BCUT2D eigenvalue weighted by molar-refractivity contribution is -0.742. The van der Waals surface area contributed by atoms with Crippen molar-refractivity contribution in [1.29, 1.82) is 0 Å². The van der Waals surface area contributed by atoms with Crippen LogP contribution in [0.2, 0.25) is 0 Å². The number of aromatic nitrogens is 1. The van der Waals surface area contributed by atoms with E-state index in [0.717, 1.165) is 36.2 Å². The average molecular weight is 488 g/mol. The fourth-order valence-corrected chi connectivity index (χ4v) is 2.30. The van der Waals surface area contributed by atoms with Crippen LogP contribution in [0, 0.1) is 20.2 Å². The number of hydrogen-bond donors (Lipinski definition) is 5. The van der Waals surface area contributed by atoms with Crippen molar-refractivity contribution in [2.45, 2.75) is 6.42 Å². The highest BCUT2D eigenvalue weighted by molar-refractivity contribution is 5.85. The van der Waals surface area contributed by atoms with Gasteiger partial charge in [-0.05, 0) is 31.2 Å². The van der Waals surface area contributed by atoms with E-state index >= 15 is 0 Å². The summed E-state index contributed by atoms with van der Waals surface area (Å²) >= 11 is 0. The van der Waals surface area contributed by atoms with Crippen molar-refractivity contribution in [3.63, 3.8) is 0 Å². The Balaban J connectivity index is -0.000000678. The van der Waals surface area contributed by atoms with E-state index in [1.165, 1.54) is 0 Å². The zero-order chi connectivity index (χ0) is 22.1. The fraction of sp³-hybridized carbons (Fsp3) is 0.438. The average Bonchev–Trinajstić information content (AvgIpc) is 2.64. The lowest BCUT2D eigenvalue weighted by Gasteiger charge is -2.20. The van der Waals surface area contributed by atoms with Crippen LogP contribution in [0.25, 0.3) is 10.9 Å². The van der Waals surface area contributed by atoms with Gasteiger partial charge in [0.2, 0.25) is 0 Å². The molecular formula is C16H27Cl2N5O8. The number of nitrogens with one attached hydrogen (secondary N) is 1. The highest BCUT2D eigenvalue weighted by Crippen LogP contribution is 2.14. The largest absolute Gasteiger partial charge is 0.395 e. The Kier molecular flexibility index (Phi) is 21.8. The van der Waals surface area contributed by atoms with E-state index in [2.05, 4.69) is 21.3 Å². The van der Waals surface area contributed by atoms with E-state index in [1.54, 1.807) is 0 Å². The molecule has 0 amide bonds. The molecule has 1 aromatic heterocycles. The lowest BCUT2D eigenvalue weighted by Crippen LogP contribution is -2.31. The third-order valence-corrected chi connectivity index (χ3v) is 3.39. The molecule has 178 valence electrons. The summed E-state index contributed by atoms with van der Waals surface area (Å²) in [5.74, 6) is 0.879. The van der Waals surface area contributed by atoms with E-state index in [-0.39, 0.29) is 38.0 Å². The topological polar surface area (TPSA) is 195 Å². The van der Waals surface area contributed by atoms with Crippen LogP contribution in [0.3, 0.4) is 0 Å². The van der Waals surface area contributed by atoms with Gasteiger partial charge in [0.25, 0.3) is 10.2 Å². The molecule has 1 aromatic carbocycles. The molecule has 0 saturated carbocycles. The molecule has 0 fully saturated rings. The maximum absolute atomic E-state index is 8.95. The van der Waals surface area contributed by atoms with Crippen LogP contribution in [-0.4, -0.2) is 80.1 Å². The smallest absolute Gasteiger partial charge is 0.291 e. The number of para-hydroxylation sites is 1. The first-order valence-electron chi connectivity index (χ1n) is 8.50. The van der Waals surface area contributed by atoms with E-state index in [9.17, 15) is 0 Å². The van der Waals surface area contributed by atoms with Gasteiger partial charge < -0.3 is 25.9 Å². The Morgan fingerprint density at radius 2 is 1.42 bits per heavy atom. The van der Waals surface area contributed by atoms with Crippen molar-refractivity contribution in [2.75, 3.05) is 44.7 Å². The number of fused-ring (bicyclic) bond motifs is 1. The van der Waals surface area contributed by atoms with Crippen LogP contribution >= 0.6 is 24.8 Å². The minimum Gasteiger partial charge on any atom is -0.395 e. The van der Waals surface area contributed by atoms with Gasteiger partial charge in [0.1, 0.15) is 5.82 Å². The first kappa shape index (κ1) is 32.9. The maximum atomic E-state index is 8.95. The molecule has 0 aliphatic heterocycles. The summed E-state index contributed by atoms with van der Waals surface area (Å²) < 4.78 is 0. The zero-order valence-electron chi connectivity index (χ0n) is 16.4. The molecule has 0 radical (unpaired) electrons. The molecule has 1 heterocycles. The first-order chi connectivity index (χ1) is 13.8. The number of aliphatic hydroxyl groups is 2. The van der Waals surface area contributed by atoms with Crippen LogP contribution in [0.1, 0.15) is 6.42 Å². The highest BCUT2D eigenvalue weighted by atomic mass is 35.5. The van der Waals surface area contributed by atoms with Crippen LogP contribution in [0.5, 0.6) is 0 Å². The number of nitrogens with zero attached hydrogens (tertiary/aromatic N) is 4. The number of rotatable bonds is 9. The van der Waals surface area contributed by atoms with Gasteiger partial charge in [0, 0.05) is 25.0 Å². The minimum absolute atomic E-state index is 0. The van der Waals surface area contributed by atoms with Gasteiger partial charge in [-0.25, -0.2) is 4.98 Å². The summed E-state index contributed by atoms with van der Waals surface area (Å²) in [5.41, 5.74) is 0.990. The number of pyridine rings is 1. The number of anilines is 1. The Bertz CT molecular complexity index is 718. The Labute approximate surface area is 190 Å². The van der Waals surface area contributed by atoms with Gasteiger partial charge in [-0.2, -0.15) is 0 Å². The SMILES string of the molecule is Cl.Cl.O=[N+]([O-])O.O=[N+]([O-])O.OCCN(CCO)CCCNc1ccc2ccccc2n1. The molecular weight excluding hydrogens is 461 g/mol. The Morgan fingerprint density at radius 3 is 1.94 bits per heavy atom. The molecule has 0 spiro atoms. The summed E-state index contributed by atoms with van der Waals surface area (Å²) in [6.07, 6.45) is 0.939. The number of benzene rings is 1. The van der Waals surface area contributed by atoms with Crippen LogP contribution in [0.15, 0.2) is 36.4 Å². The molecule has 0 bridgehead atoms. The second-order valence-corrected chi connectivity index (χ2v) is 5.43. The minimum atomic E-state index is -1.50. The van der Waals surface area contributed by atoms with E-state index in [0.29, 0.717) is 13.1 Å². The van der Waals surface area contributed by atoms with Gasteiger partial charge in [-0.1, -0.05) is 18.2 Å². The fourth-order valence-electron chi connectivity index (χ4n) is 2.30. The summed E-state index contributed by atoms with van der Waals surface area (Å²) in [4.78, 5) is 23.3. The zero-order valence-corrected chi connectivity index (χ0v) is 18.1. The molecule has 0 saturated heterocycles. The molecule has 0 unspecified atom stereocenters. The highest BCUT2D eigenvalue weighted by Gasteiger charge is 2.03. The molecule has 13 nitrogen and oxygen atoms in total. The van der Waals surface area contributed by atoms with Gasteiger partial charge in [0.15, 0.2) is 0 Å². The molecule has 0 atom stereocenters. The predicted molar refractivity (Wildman–Crippen MR) is 118 cm³/mol. The predicted octanol–water partition coefficient (Wildman–Crippen LogP) is 1.47. The van der Waals surface area contributed by atoms with Crippen molar-refractivity contribution in [3.05, 3.63) is 56.6 Å². The van der Waals surface area contributed by atoms with Crippen LogP contribution < -0.4 is 5.32 Å². The number of aliphatic hydroxyl groups excluding tert-OH is 2. The van der Waals surface area contributed by atoms with Gasteiger partial charge in [-0.3, -0.25) is 4.90 Å². The normalized spacial score (nSPS) is 9.13. The van der Waals surface area contributed by atoms with Crippen molar-refractivity contribution >= 4 is 41.5 Å². The molecule has 0 aliphatic rings. The first-order valence-corrected chi connectivity index (χ1v) is 8.50. The van der Waals surface area contributed by atoms with E-state index in [1.807, 2.05) is 30.3 Å². The maximum Gasteiger partial charge on any atom is 0.291 e. The third kappa shape index (κ3) is 19.0. The second-order valence-electron chi connectivity index (χ2n) is 5.43. The third-order valence-electron chi connectivity index (χ3n) is 3.39. The van der Waals surface area contributed by atoms with Crippen molar-refractivity contribution in [2.24, 2.45) is 0 Å². The number of halogens is 2. The van der Waals surface area contributed by atoms with Crippen molar-refractivity contribution < 1.29 is 30.8 Å². The molecule has 0 aliphatic carbocycles. The number of hydrogen-bond acceptors (Lipinski definition) is 9. The molecule has 2 aromatic rings. The van der Waals surface area contributed by atoms with Crippen LogP contribution in [0.4, 0.5) is 5.82 Å². The van der Waals surface area contributed by atoms with Gasteiger partial charge in [-0.15, -0.1) is 45.0 Å².